The van der Waals surface area contributed by atoms with Crippen molar-refractivity contribution in [1.82, 2.24) is 4.98 Å². The highest BCUT2D eigenvalue weighted by Crippen LogP contribution is 2.28. The maximum atomic E-state index is 12.5. The van der Waals surface area contributed by atoms with Crippen molar-refractivity contribution in [2.24, 2.45) is 5.92 Å². The summed E-state index contributed by atoms with van der Waals surface area (Å²) in [5.41, 5.74) is 5.71. The summed E-state index contributed by atoms with van der Waals surface area (Å²) in [7, 11) is 0. The van der Waals surface area contributed by atoms with Crippen LogP contribution in [0.3, 0.4) is 0 Å². The zero-order valence-corrected chi connectivity index (χ0v) is 12.5. The van der Waals surface area contributed by atoms with Crippen molar-refractivity contribution in [2.45, 2.75) is 19.8 Å². The Morgan fingerprint density at radius 1 is 1.09 bits per heavy atom. The Morgan fingerprint density at radius 2 is 1.82 bits per heavy atom. The van der Waals surface area contributed by atoms with Crippen LogP contribution in [-0.2, 0) is 17.6 Å². The van der Waals surface area contributed by atoms with E-state index in [1.807, 2.05) is 37.3 Å². The molecule has 0 fully saturated rings. The molecule has 3 aromatic rings. The molecule has 1 aromatic heterocycles. The van der Waals surface area contributed by atoms with E-state index < -0.39 is 0 Å². The third kappa shape index (κ3) is 2.29. The Morgan fingerprint density at radius 3 is 2.55 bits per heavy atom. The number of aryl methyl sites for hydroxylation is 1. The van der Waals surface area contributed by atoms with E-state index in [4.69, 9.17) is 0 Å². The molecule has 2 aromatic carbocycles. The van der Waals surface area contributed by atoms with Gasteiger partial charge in [0.05, 0.1) is 0 Å². The number of nitrogens with one attached hydrogen (secondary N) is 2. The lowest BCUT2D eigenvalue weighted by atomic mass is 10.1. The van der Waals surface area contributed by atoms with Gasteiger partial charge in [-0.1, -0.05) is 24.3 Å². The van der Waals surface area contributed by atoms with Crippen LogP contribution in [0.4, 0.5) is 5.69 Å². The molecule has 3 heteroatoms. The molecule has 1 aliphatic rings. The van der Waals surface area contributed by atoms with Crippen LogP contribution in [0.15, 0.2) is 48.5 Å². The first-order valence-electron chi connectivity index (χ1n) is 7.66. The lowest BCUT2D eigenvalue weighted by Crippen LogP contribution is -2.23. The smallest absolute Gasteiger partial charge is 0.228 e. The maximum absolute atomic E-state index is 12.5. The van der Waals surface area contributed by atoms with E-state index in [1.54, 1.807) is 0 Å². The molecular weight excluding hydrogens is 272 g/mol. The van der Waals surface area contributed by atoms with Crippen LogP contribution in [-0.4, -0.2) is 10.9 Å². The molecule has 0 unspecified atom stereocenters. The Hall–Kier alpha value is -2.55. The van der Waals surface area contributed by atoms with E-state index in [0.717, 1.165) is 35.1 Å². The average molecular weight is 290 g/mol. The second kappa shape index (κ2) is 5.02. The van der Waals surface area contributed by atoms with Crippen molar-refractivity contribution in [3.8, 4) is 0 Å². The first-order chi connectivity index (χ1) is 10.7. The molecule has 0 spiro atoms. The van der Waals surface area contributed by atoms with Gasteiger partial charge < -0.3 is 10.3 Å². The molecule has 0 saturated heterocycles. The average Bonchev–Trinajstić information content (AvgIpc) is 3.08. The number of carbonyl (C=O) groups excluding carboxylic acids is 1. The number of aromatic amines is 1. The lowest BCUT2D eigenvalue weighted by Gasteiger charge is -2.10. The van der Waals surface area contributed by atoms with Gasteiger partial charge in [-0.15, -0.1) is 0 Å². The van der Waals surface area contributed by atoms with Gasteiger partial charge in [0.15, 0.2) is 0 Å². The van der Waals surface area contributed by atoms with Crippen molar-refractivity contribution in [3.63, 3.8) is 0 Å². The Labute approximate surface area is 129 Å². The number of H-pyrrole nitrogens is 1. The van der Waals surface area contributed by atoms with Gasteiger partial charge in [0, 0.05) is 28.2 Å². The van der Waals surface area contributed by atoms with Gasteiger partial charge in [-0.05, 0) is 55.2 Å². The molecule has 4 rings (SSSR count). The Kier molecular flexibility index (Phi) is 3.00. The molecule has 0 aliphatic heterocycles. The zero-order valence-electron chi connectivity index (χ0n) is 12.5. The van der Waals surface area contributed by atoms with Crippen molar-refractivity contribution < 1.29 is 4.79 Å². The molecule has 0 radical (unpaired) electrons. The molecule has 2 N–H and O–H groups in total. The van der Waals surface area contributed by atoms with Crippen LogP contribution in [0.1, 0.15) is 16.8 Å². The monoisotopic (exact) mass is 290 g/mol. The fourth-order valence-electron chi connectivity index (χ4n) is 3.34. The van der Waals surface area contributed by atoms with Crippen LogP contribution in [0.5, 0.6) is 0 Å². The standard InChI is InChI=1S/C19H18N2O/c1-12-8-15-11-17(6-7-18(15)20-12)21-19(22)16-9-13-4-2-3-5-14(13)10-16/h2-8,11,16,20H,9-10H2,1H3,(H,21,22). The number of rotatable bonds is 2. The predicted molar refractivity (Wildman–Crippen MR) is 89.0 cm³/mol. The quantitative estimate of drug-likeness (QED) is 0.740. The minimum Gasteiger partial charge on any atom is -0.359 e. The van der Waals surface area contributed by atoms with E-state index in [9.17, 15) is 4.79 Å². The minimum absolute atomic E-state index is 0.0426. The molecule has 1 heterocycles. The van der Waals surface area contributed by atoms with Crippen molar-refractivity contribution in [2.75, 3.05) is 5.32 Å². The van der Waals surface area contributed by atoms with Gasteiger partial charge in [-0.2, -0.15) is 0 Å². The number of hydrogen-bond acceptors (Lipinski definition) is 1. The van der Waals surface area contributed by atoms with Crippen LogP contribution in [0, 0.1) is 12.8 Å². The summed E-state index contributed by atoms with van der Waals surface area (Å²) in [6.07, 6.45) is 1.68. The van der Waals surface area contributed by atoms with E-state index in [1.165, 1.54) is 11.1 Å². The Balaban J connectivity index is 1.52. The van der Waals surface area contributed by atoms with Gasteiger partial charge in [-0.25, -0.2) is 0 Å². The molecule has 3 nitrogen and oxygen atoms in total. The SMILES string of the molecule is Cc1cc2cc(NC(=O)C3Cc4ccccc4C3)ccc2[nH]1. The third-order valence-electron chi connectivity index (χ3n) is 4.44. The molecule has 0 bridgehead atoms. The first kappa shape index (κ1) is 13.1. The number of hydrogen-bond donors (Lipinski definition) is 2. The van der Waals surface area contributed by atoms with Gasteiger partial charge in [-0.3, -0.25) is 4.79 Å². The topological polar surface area (TPSA) is 44.9 Å². The van der Waals surface area contributed by atoms with Crippen molar-refractivity contribution in [1.29, 1.82) is 0 Å². The van der Waals surface area contributed by atoms with Crippen molar-refractivity contribution in [3.05, 3.63) is 65.4 Å². The second-order valence-corrected chi connectivity index (χ2v) is 6.12. The number of amides is 1. The second-order valence-electron chi connectivity index (χ2n) is 6.12. The number of benzene rings is 2. The summed E-state index contributed by atoms with van der Waals surface area (Å²) in [5, 5.41) is 4.20. The predicted octanol–water partition coefficient (Wildman–Crippen LogP) is 3.83. The highest BCUT2D eigenvalue weighted by Gasteiger charge is 2.27. The fraction of sp³-hybridized carbons (Fsp3) is 0.211. The van der Waals surface area contributed by atoms with E-state index in [-0.39, 0.29) is 11.8 Å². The number of carbonyl (C=O) groups is 1. The fourth-order valence-corrected chi connectivity index (χ4v) is 3.34. The van der Waals surface area contributed by atoms with Crippen LogP contribution in [0.25, 0.3) is 10.9 Å². The van der Waals surface area contributed by atoms with Crippen LogP contribution >= 0.6 is 0 Å². The van der Waals surface area contributed by atoms with Gasteiger partial charge in [0.2, 0.25) is 5.91 Å². The molecule has 22 heavy (non-hydrogen) atoms. The van der Waals surface area contributed by atoms with Gasteiger partial charge in [0.25, 0.3) is 0 Å². The van der Waals surface area contributed by atoms with Gasteiger partial charge in [0.1, 0.15) is 0 Å². The summed E-state index contributed by atoms with van der Waals surface area (Å²) >= 11 is 0. The maximum Gasteiger partial charge on any atom is 0.228 e. The third-order valence-corrected chi connectivity index (χ3v) is 4.44. The molecule has 110 valence electrons. The zero-order chi connectivity index (χ0) is 15.1. The lowest BCUT2D eigenvalue weighted by molar-refractivity contribution is -0.119. The largest absolute Gasteiger partial charge is 0.359 e. The molecule has 1 amide bonds. The highest BCUT2D eigenvalue weighted by atomic mass is 16.1. The molecule has 0 atom stereocenters. The molecule has 0 saturated carbocycles. The summed E-state index contributed by atoms with van der Waals surface area (Å²) in [6, 6.07) is 16.4. The van der Waals surface area contributed by atoms with E-state index in [0.29, 0.717) is 0 Å². The van der Waals surface area contributed by atoms with Crippen molar-refractivity contribution >= 4 is 22.5 Å². The highest BCUT2D eigenvalue weighted by molar-refractivity contribution is 5.95. The summed E-state index contributed by atoms with van der Waals surface area (Å²) in [5.74, 6) is 0.156. The number of aromatic nitrogens is 1. The van der Waals surface area contributed by atoms with Crippen LogP contribution < -0.4 is 5.32 Å². The van der Waals surface area contributed by atoms with E-state index in [2.05, 4.69) is 28.5 Å². The number of fused-ring (bicyclic) bond motifs is 2. The number of anilines is 1. The molecular formula is C19H18N2O. The van der Waals surface area contributed by atoms with E-state index >= 15 is 0 Å². The van der Waals surface area contributed by atoms with Crippen LogP contribution in [0.2, 0.25) is 0 Å². The normalized spacial score (nSPS) is 14.2. The summed E-state index contributed by atoms with van der Waals surface area (Å²) in [6.45, 7) is 2.04. The Bertz CT molecular complexity index is 838. The minimum atomic E-state index is 0.0426. The summed E-state index contributed by atoms with van der Waals surface area (Å²) < 4.78 is 0. The summed E-state index contributed by atoms with van der Waals surface area (Å²) in [4.78, 5) is 15.8. The van der Waals surface area contributed by atoms with Gasteiger partial charge >= 0.3 is 0 Å². The molecule has 1 aliphatic carbocycles. The first-order valence-corrected chi connectivity index (χ1v) is 7.66.